The molecule has 0 aliphatic rings. The Labute approximate surface area is 121 Å². The minimum absolute atomic E-state index is 0.127. The molecule has 0 saturated carbocycles. The lowest BCUT2D eigenvalue weighted by molar-refractivity contribution is 0.282. The van der Waals surface area contributed by atoms with Gasteiger partial charge in [-0.3, -0.25) is 0 Å². The van der Waals surface area contributed by atoms with Crippen molar-refractivity contribution in [2.24, 2.45) is 0 Å². The third-order valence-electron chi connectivity index (χ3n) is 3.32. The second-order valence-electron chi connectivity index (χ2n) is 4.78. The number of pyridine rings is 1. The minimum Gasteiger partial charge on any atom is -0.436 e. The summed E-state index contributed by atoms with van der Waals surface area (Å²) in [5, 5.41) is 10.3. The third-order valence-corrected chi connectivity index (χ3v) is 3.32. The van der Waals surface area contributed by atoms with E-state index >= 15 is 0 Å². The molecule has 1 aromatic heterocycles. The normalized spacial score (nSPS) is 10.8. The van der Waals surface area contributed by atoms with E-state index in [0.29, 0.717) is 16.6 Å². The number of para-hydroxylation sites is 1. The fraction of sp³-hybridized carbons (Fsp3) is 0.118. The fourth-order valence-corrected chi connectivity index (χ4v) is 2.22. The molecule has 0 atom stereocenters. The topological polar surface area (TPSA) is 42.4 Å². The van der Waals surface area contributed by atoms with Crippen LogP contribution in [0, 0.1) is 12.7 Å². The van der Waals surface area contributed by atoms with Crippen molar-refractivity contribution in [2.75, 3.05) is 0 Å². The summed E-state index contributed by atoms with van der Waals surface area (Å²) >= 11 is 0. The summed E-state index contributed by atoms with van der Waals surface area (Å²) in [5.41, 5.74) is 1.91. The lowest BCUT2D eigenvalue weighted by atomic mass is 10.1. The van der Waals surface area contributed by atoms with Crippen LogP contribution in [0.4, 0.5) is 4.39 Å². The monoisotopic (exact) mass is 283 g/mol. The number of ether oxygens (including phenoxy) is 1. The van der Waals surface area contributed by atoms with Crippen LogP contribution in [0.2, 0.25) is 0 Å². The van der Waals surface area contributed by atoms with Gasteiger partial charge in [0.25, 0.3) is 0 Å². The van der Waals surface area contributed by atoms with Gasteiger partial charge in [0, 0.05) is 11.5 Å². The molecule has 21 heavy (non-hydrogen) atoms. The van der Waals surface area contributed by atoms with Gasteiger partial charge in [-0.25, -0.2) is 9.37 Å². The first-order valence-electron chi connectivity index (χ1n) is 6.61. The lowest BCUT2D eigenvalue weighted by Gasteiger charge is -2.10. The van der Waals surface area contributed by atoms with Gasteiger partial charge in [0.05, 0.1) is 12.1 Å². The van der Waals surface area contributed by atoms with Crippen LogP contribution in [0.5, 0.6) is 11.6 Å². The summed E-state index contributed by atoms with van der Waals surface area (Å²) in [6, 6.07) is 14.0. The SMILES string of the molecule is Cc1cccc(Oc2cc(CO)c3ccccc3n2)c1F. The second kappa shape index (κ2) is 5.50. The zero-order chi connectivity index (χ0) is 14.8. The average molecular weight is 283 g/mol. The number of aliphatic hydroxyl groups is 1. The van der Waals surface area contributed by atoms with E-state index in [1.807, 2.05) is 24.3 Å². The smallest absolute Gasteiger partial charge is 0.220 e. The first kappa shape index (κ1) is 13.5. The number of halogens is 1. The van der Waals surface area contributed by atoms with E-state index in [1.165, 1.54) is 0 Å². The molecule has 0 spiro atoms. The summed E-state index contributed by atoms with van der Waals surface area (Å²) < 4.78 is 19.5. The van der Waals surface area contributed by atoms with Crippen LogP contribution in [-0.2, 0) is 6.61 Å². The van der Waals surface area contributed by atoms with Crippen molar-refractivity contribution < 1.29 is 14.2 Å². The number of aryl methyl sites for hydroxylation is 1. The molecule has 1 N–H and O–H groups in total. The van der Waals surface area contributed by atoms with Gasteiger partial charge < -0.3 is 9.84 Å². The molecule has 0 unspecified atom stereocenters. The van der Waals surface area contributed by atoms with Gasteiger partial charge in [0.2, 0.25) is 5.88 Å². The van der Waals surface area contributed by atoms with Gasteiger partial charge >= 0.3 is 0 Å². The molecule has 0 fully saturated rings. The van der Waals surface area contributed by atoms with Gasteiger partial charge in [-0.1, -0.05) is 30.3 Å². The number of benzene rings is 2. The molecule has 106 valence electrons. The number of aliphatic hydroxyl groups excluding tert-OH is 1. The molecule has 4 heteroatoms. The zero-order valence-corrected chi connectivity index (χ0v) is 11.5. The Morgan fingerprint density at radius 1 is 1.14 bits per heavy atom. The third kappa shape index (κ3) is 2.58. The Hall–Kier alpha value is -2.46. The van der Waals surface area contributed by atoms with E-state index in [0.717, 1.165) is 5.39 Å². The largest absolute Gasteiger partial charge is 0.436 e. The van der Waals surface area contributed by atoms with E-state index < -0.39 is 5.82 Å². The van der Waals surface area contributed by atoms with Crippen LogP contribution in [0.3, 0.4) is 0 Å². The maximum Gasteiger partial charge on any atom is 0.220 e. The van der Waals surface area contributed by atoms with Crippen molar-refractivity contribution in [3.05, 3.63) is 65.5 Å². The number of nitrogens with zero attached hydrogens (tertiary/aromatic N) is 1. The number of hydrogen-bond donors (Lipinski definition) is 1. The molecular weight excluding hydrogens is 269 g/mol. The molecule has 0 aliphatic heterocycles. The van der Waals surface area contributed by atoms with Gasteiger partial charge in [-0.2, -0.15) is 0 Å². The maximum atomic E-state index is 14.0. The summed E-state index contributed by atoms with van der Waals surface area (Å²) in [5.74, 6) is -0.0121. The summed E-state index contributed by atoms with van der Waals surface area (Å²) in [6.45, 7) is 1.55. The van der Waals surface area contributed by atoms with Crippen molar-refractivity contribution >= 4 is 10.9 Å². The number of aromatic nitrogens is 1. The molecule has 3 nitrogen and oxygen atoms in total. The van der Waals surface area contributed by atoms with Crippen molar-refractivity contribution in [2.45, 2.75) is 13.5 Å². The van der Waals surface area contributed by atoms with Gasteiger partial charge in [0.1, 0.15) is 0 Å². The first-order valence-corrected chi connectivity index (χ1v) is 6.61. The quantitative estimate of drug-likeness (QED) is 0.791. The standard InChI is InChI=1S/C17H14FNO2/c1-11-5-4-8-15(17(11)18)21-16-9-12(10-20)13-6-2-3-7-14(13)19-16/h2-9,20H,10H2,1H3. The molecule has 3 rings (SSSR count). The van der Waals surface area contributed by atoms with Crippen LogP contribution in [0.15, 0.2) is 48.5 Å². The van der Waals surface area contributed by atoms with Crippen LogP contribution >= 0.6 is 0 Å². The van der Waals surface area contributed by atoms with Crippen molar-refractivity contribution in [1.82, 2.24) is 4.98 Å². The Morgan fingerprint density at radius 2 is 1.95 bits per heavy atom. The Bertz CT molecular complexity index is 802. The molecule has 0 bridgehead atoms. The van der Waals surface area contributed by atoms with E-state index in [-0.39, 0.29) is 18.2 Å². The molecule has 0 aliphatic carbocycles. The van der Waals surface area contributed by atoms with Crippen molar-refractivity contribution in [3.8, 4) is 11.6 Å². The molecule has 3 aromatic rings. The predicted octanol–water partition coefficient (Wildman–Crippen LogP) is 3.97. The molecule has 2 aromatic carbocycles. The average Bonchev–Trinajstić information content (AvgIpc) is 2.51. The van der Waals surface area contributed by atoms with Crippen LogP contribution in [-0.4, -0.2) is 10.1 Å². The van der Waals surface area contributed by atoms with E-state index in [2.05, 4.69) is 4.98 Å². The van der Waals surface area contributed by atoms with Crippen molar-refractivity contribution in [3.63, 3.8) is 0 Å². The number of rotatable bonds is 3. The van der Waals surface area contributed by atoms with E-state index in [4.69, 9.17) is 4.74 Å². The molecule has 0 radical (unpaired) electrons. The van der Waals surface area contributed by atoms with Crippen LogP contribution in [0.25, 0.3) is 10.9 Å². The number of hydrogen-bond acceptors (Lipinski definition) is 3. The van der Waals surface area contributed by atoms with Gasteiger partial charge in [0.15, 0.2) is 11.6 Å². The first-order chi connectivity index (χ1) is 10.2. The fourth-order valence-electron chi connectivity index (χ4n) is 2.22. The second-order valence-corrected chi connectivity index (χ2v) is 4.78. The highest BCUT2D eigenvalue weighted by Gasteiger charge is 2.10. The van der Waals surface area contributed by atoms with Gasteiger partial charge in [-0.15, -0.1) is 0 Å². The summed E-state index contributed by atoms with van der Waals surface area (Å²) in [7, 11) is 0. The summed E-state index contributed by atoms with van der Waals surface area (Å²) in [6.07, 6.45) is 0. The molecule has 0 amide bonds. The number of fused-ring (bicyclic) bond motifs is 1. The Morgan fingerprint density at radius 3 is 2.76 bits per heavy atom. The highest BCUT2D eigenvalue weighted by atomic mass is 19.1. The highest BCUT2D eigenvalue weighted by Crippen LogP contribution is 2.28. The summed E-state index contributed by atoms with van der Waals surface area (Å²) in [4.78, 5) is 4.35. The predicted molar refractivity (Wildman–Crippen MR) is 78.9 cm³/mol. The maximum absolute atomic E-state index is 14.0. The minimum atomic E-state index is -0.405. The van der Waals surface area contributed by atoms with Crippen LogP contribution < -0.4 is 4.74 Å². The van der Waals surface area contributed by atoms with Gasteiger partial charge in [-0.05, 0) is 30.2 Å². The van der Waals surface area contributed by atoms with Crippen LogP contribution in [0.1, 0.15) is 11.1 Å². The Kier molecular flexibility index (Phi) is 3.54. The lowest BCUT2D eigenvalue weighted by Crippen LogP contribution is -1.96. The van der Waals surface area contributed by atoms with E-state index in [1.54, 1.807) is 31.2 Å². The zero-order valence-electron chi connectivity index (χ0n) is 11.5. The highest BCUT2D eigenvalue weighted by molar-refractivity contribution is 5.82. The molecule has 1 heterocycles. The molecule has 0 saturated heterocycles. The molecular formula is C17H14FNO2. The van der Waals surface area contributed by atoms with Crippen molar-refractivity contribution in [1.29, 1.82) is 0 Å². The van der Waals surface area contributed by atoms with E-state index in [9.17, 15) is 9.50 Å². The Balaban J connectivity index is 2.07.